The van der Waals surface area contributed by atoms with Gasteiger partial charge in [0.15, 0.2) is 6.61 Å². The van der Waals surface area contributed by atoms with Crippen molar-refractivity contribution < 1.29 is 19.4 Å². The highest BCUT2D eigenvalue weighted by atomic mass is 16.5. The Balaban J connectivity index is 2.55. The Morgan fingerprint density at radius 2 is 2.00 bits per heavy atom. The Morgan fingerprint density at radius 1 is 1.35 bits per heavy atom. The molecule has 5 heteroatoms. The van der Waals surface area contributed by atoms with Gasteiger partial charge in [0.05, 0.1) is 0 Å². The second-order valence-electron chi connectivity index (χ2n) is 4.82. The van der Waals surface area contributed by atoms with E-state index in [2.05, 4.69) is 5.32 Å². The number of aryl methyl sites for hydroxylation is 1. The average molecular weight is 279 g/mol. The van der Waals surface area contributed by atoms with Gasteiger partial charge in [-0.3, -0.25) is 4.79 Å². The molecule has 0 heterocycles. The minimum Gasteiger partial charge on any atom is -0.484 e. The first-order valence-corrected chi connectivity index (χ1v) is 6.66. The lowest BCUT2D eigenvalue weighted by atomic mass is 9.99. The number of nitrogens with one attached hydrogen (secondary N) is 1. The summed E-state index contributed by atoms with van der Waals surface area (Å²) >= 11 is 0. The molecule has 1 rings (SSSR count). The molecule has 0 radical (unpaired) electrons. The van der Waals surface area contributed by atoms with Gasteiger partial charge in [0.25, 0.3) is 5.91 Å². The van der Waals surface area contributed by atoms with Crippen LogP contribution in [0.2, 0.25) is 0 Å². The third-order valence-electron chi connectivity index (χ3n) is 3.25. The van der Waals surface area contributed by atoms with Crippen LogP contribution in [0, 0.1) is 12.8 Å². The molecule has 0 fully saturated rings. The molecular formula is C15H21NO4. The summed E-state index contributed by atoms with van der Waals surface area (Å²) in [6.45, 7) is 5.37. The zero-order chi connectivity index (χ0) is 15.1. The summed E-state index contributed by atoms with van der Waals surface area (Å²) in [5.74, 6) is -0.961. The first-order valence-electron chi connectivity index (χ1n) is 6.66. The number of carboxylic acid groups (broad SMARTS) is 1. The van der Waals surface area contributed by atoms with Crippen molar-refractivity contribution >= 4 is 11.9 Å². The van der Waals surface area contributed by atoms with E-state index in [1.54, 1.807) is 13.0 Å². The number of aliphatic carboxylic acids is 1. The van der Waals surface area contributed by atoms with Crippen LogP contribution in [0.1, 0.15) is 25.8 Å². The molecule has 0 saturated heterocycles. The molecule has 2 atom stereocenters. The molecule has 0 aliphatic carbocycles. The van der Waals surface area contributed by atoms with E-state index in [0.29, 0.717) is 12.2 Å². The minimum absolute atomic E-state index is 0.130. The molecule has 0 saturated carbocycles. The maximum atomic E-state index is 11.8. The summed E-state index contributed by atoms with van der Waals surface area (Å²) < 4.78 is 5.39. The number of hydrogen-bond donors (Lipinski definition) is 2. The average Bonchev–Trinajstić information content (AvgIpc) is 2.42. The van der Waals surface area contributed by atoms with Crippen LogP contribution in [-0.2, 0) is 9.59 Å². The van der Waals surface area contributed by atoms with Crippen molar-refractivity contribution in [3.05, 3.63) is 29.8 Å². The van der Waals surface area contributed by atoms with Gasteiger partial charge in [-0.05, 0) is 24.5 Å². The maximum absolute atomic E-state index is 11.8. The summed E-state index contributed by atoms with van der Waals surface area (Å²) in [5.41, 5.74) is 0.928. The minimum atomic E-state index is -1.02. The van der Waals surface area contributed by atoms with Crippen molar-refractivity contribution in [3.8, 4) is 5.75 Å². The van der Waals surface area contributed by atoms with E-state index in [0.717, 1.165) is 5.56 Å². The molecule has 0 bridgehead atoms. The fraction of sp³-hybridized carbons (Fsp3) is 0.467. The van der Waals surface area contributed by atoms with E-state index in [9.17, 15) is 9.59 Å². The van der Waals surface area contributed by atoms with Crippen LogP contribution in [0.5, 0.6) is 5.75 Å². The predicted octanol–water partition coefficient (Wildman–Crippen LogP) is 1.99. The zero-order valence-electron chi connectivity index (χ0n) is 12.1. The molecule has 5 nitrogen and oxygen atoms in total. The molecule has 0 aromatic heterocycles. The summed E-state index contributed by atoms with van der Waals surface area (Å²) in [6.07, 6.45) is 0.676. The maximum Gasteiger partial charge on any atom is 0.326 e. The Labute approximate surface area is 118 Å². The second-order valence-corrected chi connectivity index (χ2v) is 4.82. The number of rotatable bonds is 7. The summed E-state index contributed by atoms with van der Waals surface area (Å²) in [7, 11) is 0. The molecule has 2 unspecified atom stereocenters. The first kappa shape index (κ1) is 16.0. The Kier molecular flexibility index (Phi) is 6.03. The largest absolute Gasteiger partial charge is 0.484 e. The van der Waals surface area contributed by atoms with Crippen LogP contribution in [0.4, 0.5) is 0 Å². The fourth-order valence-electron chi connectivity index (χ4n) is 1.76. The molecule has 1 amide bonds. The molecule has 0 spiro atoms. The van der Waals surface area contributed by atoms with Gasteiger partial charge in [-0.2, -0.15) is 0 Å². The highest BCUT2D eigenvalue weighted by Gasteiger charge is 2.25. The molecule has 1 aromatic carbocycles. The predicted molar refractivity (Wildman–Crippen MR) is 75.7 cm³/mol. The SMILES string of the molecule is CCC(C)C(NC(=O)COc1ccccc1C)C(=O)O. The van der Waals surface area contributed by atoms with E-state index in [4.69, 9.17) is 9.84 Å². The summed E-state index contributed by atoms with van der Waals surface area (Å²) in [5, 5.41) is 11.6. The zero-order valence-corrected chi connectivity index (χ0v) is 12.1. The normalized spacial score (nSPS) is 13.3. The summed E-state index contributed by atoms with van der Waals surface area (Å²) in [6, 6.07) is 6.47. The molecule has 110 valence electrons. The van der Waals surface area contributed by atoms with Crippen LogP contribution < -0.4 is 10.1 Å². The summed E-state index contributed by atoms with van der Waals surface area (Å²) in [4.78, 5) is 22.9. The van der Waals surface area contributed by atoms with Crippen molar-refractivity contribution in [2.75, 3.05) is 6.61 Å². The van der Waals surface area contributed by atoms with Crippen molar-refractivity contribution in [1.82, 2.24) is 5.32 Å². The van der Waals surface area contributed by atoms with E-state index in [1.165, 1.54) is 0 Å². The molecule has 2 N–H and O–H groups in total. The number of hydrogen-bond acceptors (Lipinski definition) is 3. The van der Waals surface area contributed by atoms with Crippen LogP contribution in [0.3, 0.4) is 0 Å². The Bertz CT molecular complexity index is 473. The lowest BCUT2D eigenvalue weighted by Gasteiger charge is -2.20. The quantitative estimate of drug-likeness (QED) is 0.800. The Morgan fingerprint density at radius 3 is 2.55 bits per heavy atom. The van der Waals surface area contributed by atoms with Gasteiger partial charge < -0.3 is 15.2 Å². The van der Waals surface area contributed by atoms with Crippen LogP contribution in [0.25, 0.3) is 0 Å². The van der Waals surface area contributed by atoms with Gasteiger partial charge in [0.1, 0.15) is 11.8 Å². The number of para-hydroxylation sites is 1. The van der Waals surface area contributed by atoms with E-state index < -0.39 is 17.9 Å². The number of carbonyl (C=O) groups excluding carboxylic acids is 1. The Hall–Kier alpha value is -2.04. The molecule has 1 aromatic rings. The highest BCUT2D eigenvalue weighted by molar-refractivity contribution is 5.84. The molecule has 20 heavy (non-hydrogen) atoms. The van der Waals surface area contributed by atoms with Gasteiger partial charge in [-0.25, -0.2) is 4.79 Å². The lowest BCUT2D eigenvalue weighted by molar-refractivity contribution is -0.143. The lowest BCUT2D eigenvalue weighted by Crippen LogP contribution is -2.46. The molecule has 0 aliphatic rings. The van der Waals surface area contributed by atoms with Gasteiger partial charge >= 0.3 is 5.97 Å². The van der Waals surface area contributed by atoms with Gasteiger partial charge in [0.2, 0.25) is 0 Å². The monoisotopic (exact) mass is 279 g/mol. The van der Waals surface area contributed by atoms with Gasteiger partial charge in [-0.15, -0.1) is 0 Å². The first-order chi connectivity index (χ1) is 9.45. The third kappa shape index (κ3) is 4.57. The van der Waals surface area contributed by atoms with Crippen molar-refractivity contribution in [2.24, 2.45) is 5.92 Å². The third-order valence-corrected chi connectivity index (χ3v) is 3.25. The number of benzene rings is 1. The van der Waals surface area contributed by atoms with E-state index in [1.807, 2.05) is 32.0 Å². The number of amides is 1. The van der Waals surface area contributed by atoms with Crippen LogP contribution in [-0.4, -0.2) is 29.6 Å². The van der Waals surface area contributed by atoms with E-state index in [-0.39, 0.29) is 12.5 Å². The smallest absolute Gasteiger partial charge is 0.326 e. The van der Waals surface area contributed by atoms with Crippen molar-refractivity contribution in [3.63, 3.8) is 0 Å². The molecular weight excluding hydrogens is 258 g/mol. The number of ether oxygens (including phenoxy) is 1. The number of carboxylic acids is 1. The van der Waals surface area contributed by atoms with E-state index >= 15 is 0 Å². The number of carbonyl (C=O) groups is 2. The van der Waals surface area contributed by atoms with Crippen molar-refractivity contribution in [1.29, 1.82) is 0 Å². The molecule has 0 aliphatic heterocycles. The van der Waals surface area contributed by atoms with Crippen LogP contribution in [0.15, 0.2) is 24.3 Å². The standard InChI is InChI=1S/C15H21NO4/c1-4-10(2)14(15(18)19)16-13(17)9-20-12-8-6-5-7-11(12)3/h5-8,10,14H,4,9H2,1-3H3,(H,16,17)(H,18,19). The van der Waals surface area contributed by atoms with Gasteiger partial charge in [-0.1, -0.05) is 38.5 Å². The second kappa shape index (κ2) is 7.53. The van der Waals surface area contributed by atoms with Crippen LogP contribution >= 0.6 is 0 Å². The fourth-order valence-corrected chi connectivity index (χ4v) is 1.76. The highest BCUT2D eigenvalue weighted by Crippen LogP contribution is 2.16. The topological polar surface area (TPSA) is 75.6 Å². The van der Waals surface area contributed by atoms with Crippen molar-refractivity contribution in [2.45, 2.75) is 33.2 Å². The van der Waals surface area contributed by atoms with Gasteiger partial charge in [0, 0.05) is 0 Å².